The highest BCUT2D eigenvalue weighted by Crippen LogP contribution is 2.10. The molecule has 0 aliphatic carbocycles. The van der Waals surface area contributed by atoms with Gasteiger partial charge in [0.15, 0.2) is 0 Å². The van der Waals surface area contributed by atoms with Crippen molar-refractivity contribution < 1.29 is 4.79 Å². The first-order valence-corrected chi connectivity index (χ1v) is 6.09. The molecule has 0 saturated carbocycles. The predicted molar refractivity (Wildman–Crippen MR) is 67.5 cm³/mol. The molecule has 1 atom stereocenters. The fraction of sp³-hybridized carbons (Fsp3) is 0.462. The average Bonchev–Trinajstić information content (AvgIpc) is 2.35. The van der Waals surface area contributed by atoms with Gasteiger partial charge in [0, 0.05) is 13.1 Å². The SMILES string of the molecule is CC[C@H](Cl)C(=O)N(CC)Cc1ccccc1. The third kappa shape index (κ3) is 3.53. The number of rotatable bonds is 5. The molecule has 0 unspecified atom stereocenters. The molecular formula is C13H18ClNO. The van der Waals surface area contributed by atoms with E-state index in [1.165, 1.54) is 0 Å². The third-order valence-electron chi connectivity index (χ3n) is 2.54. The maximum atomic E-state index is 11.9. The predicted octanol–water partition coefficient (Wildman–Crippen LogP) is 3.05. The van der Waals surface area contributed by atoms with E-state index in [-0.39, 0.29) is 5.91 Å². The quantitative estimate of drug-likeness (QED) is 0.724. The summed E-state index contributed by atoms with van der Waals surface area (Å²) in [5, 5.41) is -0.399. The van der Waals surface area contributed by atoms with Gasteiger partial charge in [0.1, 0.15) is 5.38 Å². The Morgan fingerprint density at radius 3 is 2.44 bits per heavy atom. The number of hydrogen-bond acceptors (Lipinski definition) is 1. The molecule has 0 heterocycles. The van der Waals surface area contributed by atoms with Gasteiger partial charge in [-0.15, -0.1) is 11.6 Å². The fourth-order valence-corrected chi connectivity index (χ4v) is 1.66. The van der Waals surface area contributed by atoms with Gasteiger partial charge in [0.2, 0.25) is 5.91 Å². The van der Waals surface area contributed by atoms with Crippen molar-refractivity contribution >= 4 is 17.5 Å². The number of halogens is 1. The second-order valence-corrected chi connectivity index (χ2v) is 4.24. The van der Waals surface area contributed by atoms with Gasteiger partial charge in [-0.25, -0.2) is 0 Å². The molecule has 0 aliphatic heterocycles. The van der Waals surface area contributed by atoms with Crippen LogP contribution >= 0.6 is 11.6 Å². The summed E-state index contributed by atoms with van der Waals surface area (Å²) in [6, 6.07) is 9.96. The lowest BCUT2D eigenvalue weighted by molar-refractivity contribution is -0.131. The van der Waals surface area contributed by atoms with E-state index in [9.17, 15) is 4.79 Å². The molecule has 1 rings (SSSR count). The highest BCUT2D eigenvalue weighted by Gasteiger charge is 2.19. The van der Waals surface area contributed by atoms with Gasteiger partial charge in [-0.05, 0) is 18.9 Å². The summed E-state index contributed by atoms with van der Waals surface area (Å²) < 4.78 is 0. The normalized spacial score (nSPS) is 12.2. The summed E-state index contributed by atoms with van der Waals surface area (Å²) in [4.78, 5) is 13.7. The molecule has 1 aromatic rings. The van der Waals surface area contributed by atoms with Crippen LogP contribution in [0.4, 0.5) is 0 Å². The van der Waals surface area contributed by atoms with Gasteiger partial charge in [0.25, 0.3) is 0 Å². The molecule has 0 N–H and O–H groups in total. The summed E-state index contributed by atoms with van der Waals surface area (Å²) in [5.74, 6) is 0.0236. The van der Waals surface area contributed by atoms with Crippen LogP contribution in [0.15, 0.2) is 30.3 Å². The number of hydrogen-bond donors (Lipinski definition) is 0. The zero-order chi connectivity index (χ0) is 12.0. The van der Waals surface area contributed by atoms with Crippen molar-refractivity contribution in [1.29, 1.82) is 0 Å². The highest BCUT2D eigenvalue weighted by atomic mass is 35.5. The number of benzene rings is 1. The van der Waals surface area contributed by atoms with E-state index in [0.717, 1.165) is 5.56 Å². The molecule has 1 aromatic carbocycles. The first kappa shape index (κ1) is 13.0. The summed E-state index contributed by atoms with van der Waals surface area (Å²) >= 11 is 5.96. The van der Waals surface area contributed by atoms with E-state index in [1.54, 1.807) is 4.90 Å². The van der Waals surface area contributed by atoms with Crippen LogP contribution in [0, 0.1) is 0 Å². The van der Waals surface area contributed by atoms with Crippen molar-refractivity contribution in [3.8, 4) is 0 Å². The minimum absolute atomic E-state index is 0.0236. The smallest absolute Gasteiger partial charge is 0.240 e. The summed E-state index contributed by atoms with van der Waals surface area (Å²) in [6.07, 6.45) is 0.672. The maximum absolute atomic E-state index is 11.9. The van der Waals surface area contributed by atoms with Crippen molar-refractivity contribution in [1.82, 2.24) is 4.90 Å². The van der Waals surface area contributed by atoms with Gasteiger partial charge >= 0.3 is 0 Å². The number of amides is 1. The summed E-state index contributed by atoms with van der Waals surface area (Å²) in [6.45, 7) is 5.22. The number of carbonyl (C=O) groups is 1. The molecule has 0 radical (unpaired) electrons. The van der Waals surface area contributed by atoms with Crippen molar-refractivity contribution in [3.05, 3.63) is 35.9 Å². The first-order valence-electron chi connectivity index (χ1n) is 5.65. The van der Waals surface area contributed by atoms with Gasteiger partial charge in [0.05, 0.1) is 0 Å². The Hall–Kier alpha value is -1.02. The number of alkyl halides is 1. The molecule has 0 fully saturated rings. The van der Waals surface area contributed by atoms with Crippen molar-refractivity contribution in [2.24, 2.45) is 0 Å². The van der Waals surface area contributed by atoms with Crippen molar-refractivity contribution in [3.63, 3.8) is 0 Å². The Bertz CT molecular complexity index is 326. The molecule has 2 nitrogen and oxygen atoms in total. The minimum Gasteiger partial charge on any atom is -0.337 e. The van der Waals surface area contributed by atoms with Crippen LogP contribution < -0.4 is 0 Å². The molecule has 0 aliphatic rings. The van der Waals surface area contributed by atoms with Gasteiger partial charge in [-0.3, -0.25) is 4.79 Å². The monoisotopic (exact) mass is 239 g/mol. The van der Waals surface area contributed by atoms with Crippen LogP contribution in [0.5, 0.6) is 0 Å². The van der Waals surface area contributed by atoms with Gasteiger partial charge in [-0.1, -0.05) is 37.3 Å². The first-order chi connectivity index (χ1) is 7.69. The Morgan fingerprint density at radius 2 is 1.94 bits per heavy atom. The molecule has 1 amide bonds. The van der Waals surface area contributed by atoms with Crippen molar-refractivity contribution in [2.45, 2.75) is 32.2 Å². The zero-order valence-corrected chi connectivity index (χ0v) is 10.6. The Labute approximate surface area is 102 Å². The maximum Gasteiger partial charge on any atom is 0.240 e. The van der Waals surface area contributed by atoms with Crippen LogP contribution in [-0.4, -0.2) is 22.7 Å². The van der Waals surface area contributed by atoms with Crippen molar-refractivity contribution in [2.75, 3.05) is 6.54 Å². The number of carbonyl (C=O) groups excluding carboxylic acids is 1. The Morgan fingerprint density at radius 1 is 1.31 bits per heavy atom. The molecule has 0 bridgehead atoms. The molecule has 0 saturated heterocycles. The van der Waals surface area contributed by atoms with E-state index < -0.39 is 5.38 Å². The van der Waals surface area contributed by atoms with Crippen LogP contribution in [-0.2, 0) is 11.3 Å². The lowest BCUT2D eigenvalue weighted by Gasteiger charge is -2.23. The molecular weight excluding hydrogens is 222 g/mol. The van der Waals surface area contributed by atoms with E-state index in [2.05, 4.69) is 0 Å². The van der Waals surface area contributed by atoms with Gasteiger partial charge in [-0.2, -0.15) is 0 Å². The fourth-order valence-electron chi connectivity index (χ4n) is 1.52. The Balaban J connectivity index is 2.66. The third-order valence-corrected chi connectivity index (χ3v) is 3.03. The Kier molecular flexibility index (Phi) is 5.33. The van der Waals surface area contributed by atoms with E-state index in [0.29, 0.717) is 19.5 Å². The molecule has 88 valence electrons. The molecule has 3 heteroatoms. The zero-order valence-electron chi connectivity index (χ0n) is 9.82. The van der Waals surface area contributed by atoms with E-state index in [1.807, 2.05) is 44.2 Å². The minimum atomic E-state index is -0.399. The second-order valence-electron chi connectivity index (χ2n) is 3.71. The van der Waals surface area contributed by atoms with Crippen LogP contribution in [0.1, 0.15) is 25.8 Å². The van der Waals surface area contributed by atoms with Crippen LogP contribution in [0.3, 0.4) is 0 Å². The largest absolute Gasteiger partial charge is 0.337 e. The highest BCUT2D eigenvalue weighted by molar-refractivity contribution is 6.30. The second kappa shape index (κ2) is 6.54. The molecule has 16 heavy (non-hydrogen) atoms. The van der Waals surface area contributed by atoms with E-state index in [4.69, 9.17) is 11.6 Å². The molecule has 0 aromatic heterocycles. The molecule has 0 spiro atoms. The lowest BCUT2D eigenvalue weighted by Crippen LogP contribution is -2.35. The van der Waals surface area contributed by atoms with E-state index >= 15 is 0 Å². The lowest BCUT2D eigenvalue weighted by atomic mass is 10.2. The van der Waals surface area contributed by atoms with Crippen LogP contribution in [0.2, 0.25) is 0 Å². The standard InChI is InChI=1S/C13H18ClNO/c1-3-12(14)13(16)15(4-2)10-11-8-6-5-7-9-11/h5-9,12H,3-4,10H2,1-2H3/t12-/m0/s1. The van der Waals surface area contributed by atoms with Gasteiger partial charge < -0.3 is 4.90 Å². The summed E-state index contributed by atoms with van der Waals surface area (Å²) in [7, 11) is 0. The van der Waals surface area contributed by atoms with Crippen LogP contribution in [0.25, 0.3) is 0 Å². The number of nitrogens with zero attached hydrogens (tertiary/aromatic N) is 1. The topological polar surface area (TPSA) is 20.3 Å². The average molecular weight is 240 g/mol. The summed E-state index contributed by atoms with van der Waals surface area (Å²) in [5.41, 5.74) is 1.14.